The molecule has 0 saturated heterocycles. The largest absolute Gasteiger partial charge is 0.311 e. The molecule has 10 aromatic carbocycles. The Balaban J connectivity index is 1.08. The van der Waals surface area contributed by atoms with Crippen LogP contribution in [0.25, 0.3) is 22.3 Å². The number of rotatable bonds is 8. The van der Waals surface area contributed by atoms with Gasteiger partial charge in [0.25, 0.3) is 0 Å². The summed E-state index contributed by atoms with van der Waals surface area (Å²) >= 11 is 1.92. The van der Waals surface area contributed by atoms with Crippen LogP contribution < -0.4 is 46.4 Å². The van der Waals surface area contributed by atoms with Gasteiger partial charge in [-0.1, -0.05) is 224 Å². The lowest BCUT2D eigenvalue weighted by Gasteiger charge is -2.38. The smallest absolute Gasteiger partial charge is 0.183 e. The van der Waals surface area contributed by atoms with E-state index < -0.39 is 16.1 Å². The van der Waals surface area contributed by atoms with Crippen molar-refractivity contribution in [3.63, 3.8) is 0 Å². The quantitative estimate of drug-likeness (QED) is 0.111. The Morgan fingerprint density at radius 3 is 1.23 bits per heavy atom. The van der Waals surface area contributed by atoms with E-state index in [0.717, 1.165) is 17.1 Å². The van der Waals surface area contributed by atoms with Crippen LogP contribution in [0, 0.1) is 0 Å². The molecule has 64 heavy (non-hydrogen) atoms. The first kappa shape index (κ1) is 38.5. The van der Waals surface area contributed by atoms with Crippen LogP contribution in [-0.4, -0.2) is 16.1 Å². The van der Waals surface area contributed by atoms with Gasteiger partial charge >= 0.3 is 0 Å². The maximum Gasteiger partial charge on any atom is 0.183 e. The predicted molar refractivity (Wildman–Crippen MR) is 277 cm³/mol. The number of hydrogen-bond donors (Lipinski definition) is 0. The lowest BCUT2D eigenvalue weighted by Crippen LogP contribution is -2.74. The Bertz CT molecular complexity index is 3140. The Morgan fingerprint density at radius 2 is 0.688 bits per heavy atom. The number of anilines is 3. The van der Waals surface area contributed by atoms with Gasteiger partial charge in [-0.3, -0.25) is 0 Å². The molecule has 2 heterocycles. The van der Waals surface area contributed by atoms with E-state index in [-0.39, 0.29) is 0 Å². The van der Waals surface area contributed by atoms with E-state index in [4.69, 9.17) is 0 Å². The monoisotopic (exact) mass is 865 g/mol. The van der Waals surface area contributed by atoms with E-state index in [1.165, 1.54) is 73.5 Å². The second kappa shape index (κ2) is 15.8. The number of nitrogens with zero attached hydrogens (tertiary/aromatic N) is 1. The minimum Gasteiger partial charge on any atom is -0.311 e. The molecule has 0 radical (unpaired) electrons. The van der Waals surface area contributed by atoms with Gasteiger partial charge in [0.1, 0.15) is 0 Å². The van der Waals surface area contributed by atoms with Crippen molar-refractivity contribution < 1.29 is 0 Å². The van der Waals surface area contributed by atoms with Crippen LogP contribution in [0.5, 0.6) is 0 Å². The first-order chi connectivity index (χ1) is 31.7. The molecule has 10 aromatic rings. The average Bonchev–Trinajstić information content (AvgIpc) is 3.66. The molecule has 2 aliphatic rings. The summed E-state index contributed by atoms with van der Waals surface area (Å²) in [5.41, 5.74) is 8.53. The minimum absolute atomic E-state index is 1.12. The lowest BCUT2D eigenvalue weighted by atomic mass is 10.0. The Morgan fingerprint density at radius 1 is 0.297 bits per heavy atom. The molecule has 0 aromatic heterocycles. The van der Waals surface area contributed by atoms with E-state index in [1.807, 2.05) is 11.8 Å². The van der Waals surface area contributed by atoms with Crippen LogP contribution in [0.1, 0.15) is 0 Å². The molecule has 0 N–H and O–H groups in total. The first-order valence-corrected chi connectivity index (χ1v) is 26.9. The minimum atomic E-state index is -2.72. The van der Waals surface area contributed by atoms with Crippen LogP contribution in [0.15, 0.2) is 271 Å². The second-order valence-electron chi connectivity index (χ2n) is 16.8. The van der Waals surface area contributed by atoms with Crippen molar-refractivity contribution in [2.24, 2.45) is 0 Å². The van der Waals surface area contributed by atoms with Gasteiger partial charge < -0.3 is 4.90 Å². The van der Waals surface area contributed by atoms with Gasteiger partial charge in [0.2, 0.25) is 0 Å². The molecular weight excluding hydrogens is 823 g/mol. The molecule has 1 spiro atoms. The highest BCUT2D eigenvalue weighted by Gasteiger charge is 2.52. The van der Waals surface area contributed by atoms with Gasteiger partial charge in [-0.2, -0.15) is 0 Å². The Kier molecular flexibility index (Phi) is 9.52. The Hall–Kier alpha value is -7.22. The first-order valence-electron chi connectivity index (χ1n) is 22.1. The molecule has 0 unspecified atom stereocenters. The van der Waals surface area contributed by atoms with E-state index in [9.17, 15) is 0 Å². The number of fused-ring (bicyclic) bond motifs is 9. The molecule has 0 fully saturated rings. The van der Waals surface area contributed by atoms with E-state index in [2.05, 4.69) is 266 Å². The van der Waals surface area contributed by atoms with Crippen molar-refractivity contribution in [2.75, 3.05) is 4.90 Å². The van der Waals surface area contributed by atoms with Gasteiger partial charge in [-0.05, 0) is 112 Å². The summed E-state index contributed by atoms with van der Waals surface area (Å²) in [6.07, 6.45) is 0. The highest BCUT2D eigenvalue weighted by atomic mass is 32.2. The highest BCUT2D eigenvalue weighted by molar-refractivity contribution is 8.00. The summed E-state index contributed by atoms with van der Waals surface area (Å²) in [4.78, 5) is 5.22. The third-order valence-electron chi connectivity index (χ3n) is 13.5. The second-order valence-corrected chi connectivity index (χ2v) is 25.3. The topological polar surface area (TPSA) is 3.24 Å². The van der Waals surface area contributed by atoms with Crippen molar-refractivity contribution in [3.8, 4) is 22.3 Å². The third-order valence-corrected chi connectivity index (χ3v) is 24.8. The SMILES string of the molecule is c1ccc(-c2ccc(N(c3ccc([Si](c4ccccc4)(c4ccccc4)c4ccccc4)cc3)c3ccc4c(c3)[Si]3(c5ccccc5Sc5ccccc53)c3ccccc3-4)cc2)cc1. The zero-order chi connectivity index (χ0) is 42.5. The molecule has 2 aliphatic heterocycles. The predicted octanol–water partition coefficient (Wildman–Crippen LogP) is 10.0. The zero-order valence-corrected chi connectivity index (χ0v) is 38.0. The molecule has 0 saturated carbocycles. The fraction of sp³-hybridized carbons (Fsp3) is 0. The highest BCUT2D eigenvalue weighted by Crippen LogP contribution is 2.41. The lowest BCUT2D eigenvalue weighted by molar-refractivity contribution is 1.29. The van der Waals surface area contributed by atoms with Crippen molar-refractivity contribution in [2.45, 2.75) is 9.79 Å². The zero-order valence-electron chi connectivity index (χ0n) is 35.2. The average molecular weight is 866 g/mol. The van der Waals surface area contributed by atoms with Gasteiger partial charge in [0.15, 0.2) is 16.1 Å². The molecule has 0 atom stereocenters. The van der Waals surface area contributed by atoms with Gasteiger partial charge in [0.05, 0.1) is 0 Å². The third kappa shape index (κ3) is 5.98. The van der Waals surface area contributed by atoms with Crippen LogP contribution in [-0.2, 0) is 0 Å². The van der Waals surface area contributed by atoms with E-state index >= 15 is 0 Å². The van der Waals surface area contributed by atoms with Crippen LogP contribution in [0.3, 0.4) is 0 Å². The fourth-order valence-electron chi connectivity index (χ4n) is 10.8. The van der Waals surface area contributed by atoms with Gasteiger partial charge in [-0.15, -0.1) is 0 Å². The molecule has 302 valence electrons. The maximum absolute atomic E-state index is 2.72. The maximum atomic E-state index is 2.56. The Labute approximate surface area is 382 Å². The number of hydrogen-bond acceptors (Lipinski definition) is 2. The van der Waals surface area contributed by atoms with Crippen LogP contribution in [0.2, 0.25) is 0 Å². The molecule has 0 bridgehead atoms. The van der Waals surface area contributed by atoms with Gasteiger partial charge in [-0.25, -0.2) is 0 Å². The molecular formula is C60H43NSSi2. The molecule has 0 aliphatic carbocycles. The summed E-state index contributed by atoms with van der Waals surface area (Å²) in [7, 11) is -5.44. The summed E-state index contributed by atoms with van der Waals surface area (Å²) < 4.78 is 0. The summed E-state index contributed by atoms with van der Waals surface area (Å²) in [5, 5.41) is 11.4. The normalized spacial score (nSPS) is 13.1. The van der Waals surface area contributed by atoms with E-state index in [1.54, 1.807) is 0 Å². The van der Waals surface area contributed by atoms with Crippen molar-refractivity contribution >= 4 is 86.5 Å². The number of benzene rings is 10. The van der Waals surface area contributed by atoms with Crippen LogP contribution in [0.4, 0.5) is 17.1 Å². The van der Waals surface area contributed by atoms with Crippen molar-refractivity contribution in [1.29, 1.82) is 0 Å². The summed E-state index contributed by atoms with van der Waals surface area (Å²) in [6.45, 7) is 0. The van der Waals surface area contributed by atoms with Crippen molar-refractivity contribution in [3.05, 3.63) is 261 Å². The molecule has 1 nitrogen and oxygen atoms in total. The summed E-state index contributed by atoms with van der Waals surface area (Å²) in [6, 6.07) is 98.0. The van der Waals surface area contributed by atoms with Crippen molar-refractivity contribution in [1.82, 2.24) is 0 Å². The van der Waals surface area contributed by atoms with E-state index in [0.29, 0.717) is 0 Å². The molecule has 12 rings (SSSR count). The fourth-order valence-corrected chi connectivity index (χ4v) is 22.9. The standard InChI is InChI=1S/C60H43NSSi2/c1-5-19-44(20-6-1)45-33-35-46(36-34-45)61(47-37-40-52(41-38-47)63(49-21-7-2-8-22-49,50-23-9-3-10-24-50)51-25-11-4-12-26-51)48-39-42-54-53-27-13-16-30-57(53)64(60(54)43-48)58-31-17-14-28-55(58)62-56-29-15-18-32-59(56)64/h1-43H. The van der Waals surface area contributed by atoms with Gasteiger partial charge in [0, 0.05) is 26.9 Å². The van der Waals surface area contributed by atoms with Crippen LogP contribution >= 0.6 is 11.8 Å². The summed E-state index contributed by atoms with van der Waals surface area (Å²) in [5.74, 6) is 0. The molecule has 4 heteroatoms. The molecule has 0 amide bonds.